The van der Waals surface area contributed by atoms with Gasteiger partial charge in [-0.15, -0.1) is 0 Å². The lowest BCUT2D eigenvalue weighted by Gasteiger charge is -2.33. The molecule has 4 amide bonds. The molecule has 3 unspecified atom stereocenters. The molecule has 0 radical (unpaired) electrons. The molecular weight excluding hydrogens is 701 g/mol. The summed E-state index contributed by atoms with van der Waals surface area (Å²) in [5, 5.41) is 15.6. The molecule has 1 aliphatic carbocycles. The number of nitrogens with zero attached hydrogens (tertiary/aromatic N) is 2. The highest BCUT2D eigenvalue weighted by atomic mass is 28.3. The van der Waals surface area contributed by atoms with Crippen LogP contribution in [0.5, 0.6) is 0 Å². The summed E-state index contributed by atoms with van der Waals surface area (Å²) in [6.45, 7) is 13.0. The van der Waals surface area contributed by atoms with Crippen LogP contribution in [0.4, 0.5) is 4.79 Å². The summed E-state index contributed by atoms with van der Waals surface area (Å²) in [6.07, 6.45) is 2.71. The van der Waals surface area contributed by atoms with E-state index in [2.05, 4.69) is 35.9 Å². The predicted octanol–water partition coefficient (Wildman–Crippen LogP) is 6.30. The summed E-state index contributed by atoms with van der Waals surface area (Å²) < 4.78 is 5.48. The zero-order valence-electron chi connectivity index (χ0n) is 32.7. The number of fused-ring (bicyclic) bond motifs is 1. The first-order chi connectivity index (χ1) is 25.3. The molecule has 1 heterocycles. The van der Waals surface area contributed by atoms with Crippen LogP contribution in [0, 0.1) is 6.92 Å². The molecule has 2 aliphatic rings. The topological polar surface area (TPSA) is 145 Å². The molecular formula is C42H54N4O7Si. The molecule has 4 atom stereocenters. The Morgan fingerprint density at radius 3 is 2.35 bits per heavy atom. The monoisotopic (exact) mass is 754 g/mol. The Morgan fingerprint density at radius 2 is 1.70 bits per heavy atom. The van der Waals surface area contributed by atoms with E-state index in [1.165, 1.54) is 17.5 Å². The number of ether oxygens (including phenoxy) is 1. The van der Waals surface area contributed by atoms with Gasteiger partial charge in [0.15, 0.2) is 0 Å². The zero-order valence-corrected chi connectivity index (χ0v) is 33.7. The quantitative estimate of drug-likeness (QED) is 0.206. The van der Waals surface area contributed by atoms with E-state index in [0.717, 1.165) is 47.1 Å². The van der Waals surface area contributed by atoms with Crippen LogP contribution in [0.15, 0.2) is 66.7 Å². The molecule has 54 heavy (non-hydrogen) atoms. The van der Waals surface area contributed by atoms with Crippen molar-refractivity contribution < 1.29 is 33.8 Å². The maximum Gasteiger partial charge on any atom is 0.410 e. The Bertz CT molecular complexity index is 1900. The minimum atomic E-state index is -2.02. The van der Waals surface area contributed by atoms with Crippen molar-refractivity contribution in [1.29, 1.82) is 0 Å². The molecule has 0 aromatic heterocycles. The van der Waals surface area contributed by atoms with Gasteiger partial charge in [-0.1, -0.05) is 67.7 Å². The molecule has 3 aromatic carbocycles. The molecule has 3 aromatic rings. The average molecular weight is 755 g/mol. The number of hydrogen-bond acceptors (Lipinski definition) is 6. The van der Waals surface area contributed by atoms with Gasteiger partial charge in [-0.2, -0.15) is 0 Å². The minimum Gasteiger partial charge on any atom is -0.478 e. The van der Waals surface area contributed by atoms with E-state index in [1.54, 1.807) is 50.8 Å². The van der Waals surface area contributed by atoms with Crippen molar-refractivity contribution in [3.8, 4) is 11.1 Å². The van der Waals surface area contributed by atoms with E-state index >= 15 is 0 Å². The number of carboxylic acid groups (broad SMARTS) is 1. The number of hydrogen-bond donors (Lipinski definition) is 3. The Labute approximate surface area is 319 Å². The van der Waals surface area contributed by atoms with Gasteiger partial charge in [0.05, 0.1) is 19.7 Å². The third kappa shape index (κ3) is 9.57. The van der Waals surface area contributed by atoms with E-state index < -0.39 is 49.8 Å². The van der Waals surface area contributed by atoms with Gasteiger partial charge in [0.2, 0.25) is 17.7 Å². The van der Waals surface area contributed by atoms with Crippen LogP contribution in [-0.4, -0.2) is 89.7 Å². The molecule has 1 fully saturated rings. The number of carbonyl (C=O) groups excluding carboxylic acids is 4. The van der Waals surface area contributed by atoms with E-state index in [4.69, 9.17) is 4.74 Å². The lowest BCUT2D eigenvalue weighted by molar-refractivity contribution is -0.141. The summed E-state index contributed by atoms with van der Waals surface area (Å²) in [5.74, 6) is -2.04. The Balaban J connectivity index is 1.41. The van der Waals surface area contributed by atoms with Gasteiger partial charge in [0, 0.05) is 19.6 Å². The fourth-order valence-electron chi connectivity index (χ4n) is 7.44. The summed E-state index contributed by atoms with van der Waals surface area (Å²) in [5.41, 5.74) is 5.15. The Kier molecular flexibility index (Phi) is 12.0. The van der Waals surface area contributed by atoms with Crippen LogP contribution in [0.3, 0.4) is 0 Å². The summed E-state index contributed by atoms with van der Waals surface area (Å²) in [4.78, 5) is 69.8. The van der Waals surface area contributed by atoms with Gasteiger partial charge in [-0.3, -0.25) is 19.3 Å². The van der Waals surface area contributed by atoms with Crippen LogP contribution in [-0.2, 0) is 32.0 Å². The highest BCUT2D eigenvalue weighted by molar-refractivity contribution is 6.79. The Morgan fingerprint density at radius 1 is 1.02 bits per heavy atom. The Hall–Kier alpha value is -4.97. The van der Waals surface area contributed by atoms with Crippen LogP contribution in [0.1, 0.15) is 79.2 Å². The third-order valence-electron chi connectivity index (χ3n) is 10.4. The van der Waals surface area contributed by atoms with Crippen molar-refractivity contribution in [3.05, 3.63) is 94.5 Å². The zero-order chi connectivity index (χ0) is 39.5. The molecule has 1 saturated heterocycles. The van der Waals surface area contributed by atoms with Gasteiger partial charge in [-0.05, 0) is 105 Å². The number of nitrogens with one attached hydrogen (secondary N) is 2. The SMILES string of the molecule is Cc1cc(C(=O)O)ccc1-c1ccc(CC(NC(=O)C(C)N(C)C(=O)OC(C)(C)C)C(=O)N2C[Si](C)(C)CC2C(=O)N[C@@H]2CCCc3ccccc32)cc1. The van der Waals surface area contributed by atoms with Gasteiger partial charge in [0.25, 0.3) is 0 Å². The number of benzene rings is 3. The van der Waals surface area contributed by atoms with E-state index in [-0.39, 0.29) is 29.8 Å². The number of carbonyl (C=O) groups is 5. The molecule has 288 valence electrons. The van der Waals surface area contributed by atoms with E-state index in [9.17, 15) is 29.1 Å². The average Bonchev–Trinajstić information content (AvgIpc) is 3.45. The van der Waals surface area contributed by atoms with Crippen LogP contribution < -0.4 is 10.6 Å². The molecule has 5 rings (SSSR count). The fraction of sp³-hybridized carbons (Fsp3) is 0.452. The summed E-state index contributed by atoms with van der Waals surface area (Å²) in [6, 6.07) is 18.6. The van der Waals surface area contributed by atoms with Crippen LogP contribution in [0.2, 0.25) is 19.1 Å². The standard InChI is InChI=1S/C42H54N4O7Si/c1-26-22-31(40(50)51)20-21-32(26)30-18-16-28(17-19-30)23-35(44-37(47)27(2)45(6)41(52)53-42(3,4)5)39(49)46-25-54(7,8)24-36(46)38(48)43-34-15-11-13-29-12-9-10-14-33(29)34/h9-10,12,14,16-22,27,34-36H,11,13,15,23-25H2,1-8H3,(H,43,48)(H,44,47)(H,50,51)/t27?,34-,35?,36?/m1/s1. The molecule has 0 bridgehead atoms. The minimum absolute atomic E-state index is 0.132. The van der Waals surface area contributed by atoms with Gasteiger partial charge < -0.3 is 25.4 Å². The highest BCUT2D eigenvalue weighted by Gasteiger charge is 2.47. The third-order valence-corrected chi connectivity index (χ3v) is 13.1. The van der Waals surface area contributed by atoms with Gasteiger partial charge in [-0.25, -0.2) is 9.59 Å². The molecule has 12 heteroatoms. The molecule has 1 aliphatic heterocycles. The first kappa shape index (κ1) is 40.2. The molecule has 0 spiro atoms. The molecule has 11 nitrogen and oxygen atoms in total. The number of aryl methyl sites for hydroxylation is 2. The molecule has 3 N–H and O–H groups in total. The van der Waals surface area contributed by atoms with Crippen LogP contribution in [0.25, 0.3) is 11.1 Å². The summed E-state index contributed by atoms with van der Waals surface area (Å²) in [7, 11) is -0.537. The smallest absolute Gasteiger partial charge is 0.410 e. The van der Waals surface area contributed by atoms with Gasteiger partial charge in [0.1, 0.15) is 23.7 Å². The number of amides is 4. The second-order valence-electron chi connectivity index (χ2n) is 16.6. The number of aromatic carboxylic acids is 1. The van der Waals surface area contributed by atoms with Crippen molar-refractivity contribution >= 4 is 37.9 Å². The first-order valence-corrected chi connectivity index (χ1v) is 22.1. The lowest BCUT2D eigenvalue weighted by Crippen LogP contribution is -2.57. The second-order valence-corrected chi connectivity index (χ2v) is 21.6. The second kappa shape index (κ2) is 16.2. The van der Waals surface area contributed by atoms with Crippen molar-refractivity contribution in [1.82, 2.24) is 20.4 Å². The lowest BCUT2D eigenvalue weighted by atomic mass is 9.87. The predicted molar refractivity (Wildman–Crippen MR) is 211 cm³/mol. The van der Waals surface area contributed by atoms with Crippen molar-refractivity contribution in [2.24, 2.45) is 0 Å². The van der Waals surface area contributed by atoms with Crippen molar-refractivity contribution in [3.63, 3.8) is 0 Å². The van der Waals surface area contributed by atoms with Crippen molar-refractivity contribution in [2.45, 2.75) is 109 Å². The van der Waals surface area contributed by atoms with E-state index in [1.807, 2.05) is 43.3 Å². The van der Waals surface area contributed by atoms with Crippen LogP contribution >= 0.6 is 0 Å². The maximum absolute atomic E-state index is 14.7. The summed E-state index contributed by atoms with van der Waals surface area (Å²) >= 11 is 0. The van der Waals surface area contributed by atoms with Crippen molar-refractivity contribution in [2.75, 3.05) is 13.2 Å². The number of carboxylic acids is 1. The largest absolute Gasteiger partial charge is 0.478 e. The number of rotatable bonds is 10. The maximum atomic E-state index is 14.7. The van der Waals surface area contributed by atoms with Gasteiger partial charge >= 0.3 is 12.1 Å². The highest BCUT2D eigenvalue weighted by Crippen LogP contribution is 2.33. The van der Waals surface area contributed by atoms with E-state index in [0.29, 0.717) is 12.2 Å². The molecule has 0 saturated carbocycles. The number of likely N-dealkylation sites (N-methyl/N-ethyl adjacent to an activating group) is 1. The normalized spacial score (nSPS) is 18.9. The first-order valence-electron chi connectivity index (χ1n) is 18.7. The fourth-order valence-corrected chi connectivity index (χ4v) is 10.3.